The summed E-state index contributed by atoms with van der Waals surface area (Å²) in [5.74, 6) is 5.07. The van der Waals surface area contributed by atoms with Gasteiger partial charge in [0.15, 0.2) is 11.6 Å². The third-order valence-corrected chi connectivity index (χ3v) is 2.71. The molecule has 0 amide bonds. The van der Waals surface area contributed by atoms with E-state index in [9.17, 15) is 4.39 Å². The highest BCUT2D eigenvalue weighted by Gasteiger charge is 2.05. The van der Waals surface area contributed by atoms with Crippen LogP contribution in [-0.4, -0.2) is 41.0 Å². The summed E-state index contributed by atoms with van der Waals surface area (Å²) in [7, 11) is 0. The lowest BCUT2D eigenvalue weighted by molar-refractivity contribution is 0.303. The second-order valence-corrected chi connectivity index (χ2v) is 3.84. The molecule has 0 aliphatic heterocycles. The summed E-state index contributed by atoms with van der Waals surface area (Å²) in [5, 5.41) is 2.94. The molecule has 0 bridgehead atoms. The van der Waals surface area contributed by atoms with Crippen LogP contribution in [0.25, 0.3) is 0 Å². The molecule has 6 nitrogen and oxygen atoms in total. The van der Waals surface area contributed by atoms with E-state index in [0.717, 1.165) is 32.3 Å². The molecule has 0 aliphatic carbocycles. The smallest absolute Gasteiger partial charge is 0.239 e. The Kier molecular flexibility index (Phi) is 6.31. The largest absolute Gasteiger partial charge is 0.367 e. The molecule has 102 valence electrons. The molecule has 0 atom stereocenters. The van der Waals surface area contributed by atoms with Gasteiger partial charge in [0.25, 0.3) is 0 Å². The number of nitrogens with one attached hydrogen (secondary N) is 2. The lowest BCUT2D eigenvalue weighted by Crippen LogP contribution is -2.25. The number of nitrogen functional groups attached to an aromatic ring is 1. The van der Waals surface area contributed by atoms with Gasteiger partial charge in [-0.1, -0.05) is 13.8 Å². The number of nitrogens with two attached hydrogens (primary N) is 1. The number of hydrogen-bond donors (Lipinski definition) is 3. The van der Waals surface area contributed by atoms with Crippen molar-refractivity contribution in [3.63, 3.8) is 0 Å². The number of rotatable bonds is 8. The van der Waals surface area contributed by atoms with Crippen molar-refractivity contribution in [2.24, 2.45) is 5.84 Å². The molecule has 18 heavy (non-hydrogen) atoms. The fourth-order valence-corrected chi connectivity index (χ4v) is 1.61. The van der Waals surface area contributed by atoms with Gasteiger partial charge in [-0.15, -0.1) is 0 Å². The fraction of sp³-hybridized carbons (Fsp3) is 0.636. The van der Waals surface area contributed by atoms with E-state index in [4.69, 9.17) is 5.84 Å². The van der Waals surface area contributed by atoms with Gasteiger partial charge >= 0.3 is 0 Å². The summed E-state index contributed by atoms with van der Waals surface area (Å²) in [6.45, 7) is 7.95. The van der Waals surface area contributed by atoms with Crippen LogP contribution in [0.1, 0.15) is 20.3 Å². The molecule has 1 rings (SSSR count). The first-order valence-electron chi connectivity index (χ1n) is 6.16. The van der Waals surface area contributed by atoms with E-state index >= 15 is 0 Å². The van der Waals surface area contributed by atoms with Crippen LogP contribution in [-0.2, 0) is 0 Å². The van der Waals surface area contributed by atoms with Gasteiger partial charge in [0.1, 0.15) is 0 Å². The van der Waals surface area contributed by atoms with Crippen molar-refractivity contribution < 1.29 is 4.39 Å². The Balaban J connectivity index is 2.39. The van der Waals surface area contributed by atoms with Crippen LogP contribution in [0, 0.1) is 5.82 Å². The van der Waals surface area contributed by atoms with Gasteiger partial charge in [0.05, 0.1) is 6.20 Å². The Hall–Kier alpha value is -1.47. The molecule has 1 aromatic heterocycles. The number of halogens is 1. The maximum Gasteiger partial charge on any atom is 0.239 e. The molecule has 0 radical (unpaired) electrons. The van der Waals surface area contributed by atoms with Crippen molar-refractivity contribution in [2.75, 3.05) is 36.9 Å². The lowest BCUT2D eigenvalue weighted by atomic mass is 10.3. The maximum absolute atomic E-state index is 13.4. The van der Waals surface area contributed by atoms with Crippen LogP contribution in [0.15, 0.2) is 6.20 Å². The number of anilines is 2. The minimum atomic E-state index is -0.475. The Bertz CT molecular complexity index is 355. The standard InChI is InChI=1S/C11H21FN6/c1-3-18(4-2)7-5-6-14-10-9(12)8-15-11(16-10)17-13/h8H,3-7,13H2,1-2H3,(H2,14,15,16,17). The zero-order valence-electron chi connectivity index (χ0n) is 10.9. The minimum absolute atomic E-state index is 0.178. The molecule has 0 aromatic carbocycles. The summed E-state index contributed by atoms with van der Waals surface area (Å²) in [5.41, 5.74) is 2.28. The molecule has 4 N–H and O–H groups in total. The number of hydrogen-bond acceptors (Lipinski definition) is 6. The van der Waals surface area contributed by atoms with Crippen LogP contribution >= 0.6 is 0 Å². The van der Waals surface area contributed by atoms with Gasteiger partial charge in [-0.3, -0.25) is 5.43 Å². The number of nitrogens with zero attached hydrogens (tertiary/aromatic N) is 3. The van der Waals surface area contributed by atoms with E-state index in [0.29, 0.717) is 6.54 Å². The maximum atomic E-state index is 13.4. The normalized spacial score (nSPS) is 10.7. The fourth-order valence-electron chi connectivity index (χ4n) is 1.61. The van der Waals surface area contributed by atoms with Crippen molar-refractivity contribution in [3.8, 4) is 0 Å². The Morgan fingerprint density at radius 1 is 1.39 bits per heavy atom. The molecule has 0 saturated carbocycles. The Morgan fingerprint density at radius 2 is 2.11 bits per heavy atom. The summed E-state index contributed by atoms with van der Waals surface area (Å²) >= 11 is 0. The van der Waals surface area contributed by atoms with E-state index in [1.807, 2.05) is 0 Å². The van der Waals surface area contributed by atoms with Gasteiger partial charge in [0.2, 0.25) is 5.95 Å². The third-order valence-electron chi connectivity index (χ3n) is 2.71. The van der Waals surface area contributed by atoms with Crippen molar-refractivity contribution in [1.82, 2.24) is 14.9 Å². The highest BCUT2D eigenvalue weighted by molar-refractivity contribution is 5.40. The van der Waals surface area contributed by atoms with Crippen LogP contribution in [0.3, 0.4) is 0 Å². The molecule has 1 heterocycles. The molecule has 0 fully saturated rings. The second kappa shape index (κ2) is 7.78. The quantitative estimate of drug-likeness (QED) is 0.366. The second-order valence-electron chi connectivity index (χ2n) is 3.84. The van der Waals surface area contributed by atoms with Crippen molar-refractivity contribution in [1.29, 1.82) is 0 Å². The van der Waals surface area contributed by atoms with E-state index in [1.165, 1.54) is 0 Å². The predicted molar refractivity (Wildman–Crippen MR) is 70.7 cm³/mol. The number of aromatic nitrogens is 2. The van der Waals surface area contributed by atoms with Gasteiger partial charge < -0.3 is 10.2 Å². The molecular weight excluding hydrogens is 235 g/mol. The van der Waals surface area contributed by atoms with Crippen molar-refractivity contribution in [3.05, 3.63) is 12.0 Å². The van der Waals surface area contributed by atoms with Crippen LogP contribution in [0.4, 0.5) is 16.2 Å². The molecule has 1 aromatic rings. The predicted octanol–water partition coefficient (Wildman–Crippen LogP) is 1.05. The average molecular weight is 256 g/mol. The number of hydrazine groups is 1. The highest BCUT2D eigenvalue weighted by Crippen LogP contribution is 2.10. The minimum Gasteiger partial charge on any atom is -0.367 e. The van der Waals surface area contributed by atoms with Gasteiger partial charge in [-0.25, -0.2) is 15.2 Å². The van der Waals surface area contributed by atoms with E-state index in [-0.39, 0.29) is 11.8 Å². The zero-order chi connectivity index (χ0) is 13.4. The molecule has 0 saturated heterocycles. The van der Waals surface area contributed by atoms with E-state index in [1.54, 1.807) is 0 Å². The van der Waals surface area contributed by atoms with Crippen LogP contribution in [0.5, 0.6) is 0 Å². The summed E-state index contributed by atoms with van der Waals surface area (Å²) in [4.78, 5) is 9.88. The Labute approximate surface area is 107 Å². The van der Waals surface area contributed by atoms with Crippen molar-refractivity contribution >= 4 is 11.8 Å². The lowest BCUT2D eigenvalue weighted by Gasteiger charge is -2.17. The SMILES string of the molecule is CCN(CC)CCCNc1nc(NN)ncc1F. The molecular formula is C11H21FN6. The molecule has 0 unspecified atom stereocenters. The van der Waals surface area contributed by atoms with Gasteiger partial charge in [0, 0.05) is 6.54 Å². The molecule has 0 spiro atoms. The average Bonchev–Trinajstić information content (AvgIpc) is 2.41. The third kappa shape index (κ3) is 4.42. The first-order chi connectivity index (χ1) is 8.71. The summed E-state index contributed by atoms with van der Waals surface area (Å²) in [6, 6.07) is 0. The summed E-state index contributed by atoms with van der Waals surface area (Å²) < 4.78 is 13.4. The molecule has 7 heteroatoms. The van der Waals surface area contributed by atoms with Crippen LogP contribution in [0.2, 0.25) is 0 Å². The topological polar surface area (TPSA) is 79.1 Å². The first kappa shape index (κ1) is 14.6. The van der Waals surface area contributed by atoms with E-state index in [2.05, 4.69) is 39.5 Å². The first-order valence-corrected chi connectivity index (χ1v) is 6.16. The highest BCUT2D eigenvalue weighted by atomic mass is 19.1. The van der Waals surface area contributed by atoms with Gasteiger partial charge in [-0.2, -0.15) is 4.98 Å². The van der Waals surface area contributed by atoms with E-state index < -0.39 is 5.82 Å². The van der Waals surface area contributed by atoms with Crippen LogP contribution < -0.4 is 16.6 Å². The Morgan fingerprint density at radius 3 is 2.72 bits per heavy atom. The summed E-state index contributed by atoms with van der Waals surface area (Å²) in [6.07, 6.45) is 2.02. The van der Waals surface area contributed by atoms with Crippen molar-refractivity contribution in [2.45, 2.75) is 20.3 Å². The zero-order valence-corrected chi connectivity index (χ0v) is 10.9. The molecule has 0 aliphatic rings. The monoisotopic (exact) mass is 256 g/mol. The van der Waals surface area contributed by atoms with Gasteiger partial charge in [-0.05, 0) is 26.1 Å².